The van der Waals surface area contributed by atoms with Gasteiger partial charge in [0.1, 0.15) is 0 Å². The summed E-state index contributed by atoms with van der Waals surface area (Å²) in [4.78, 5) is 11.6. The molecule has 74 valence electrons. The van der Waals surface area contributed by atoms with Crippen LogP contribution in [0.1, 0.15) is 39.0 Å². The van der Waals surface area contributed by atoms with Gasteiger partial charge < -0.3 is 4.74 Å². The summed E-state index contributed by atoms with van der Waals surface area (Å²) in [6, 6.07) is 0. The molecule has 2 heteroatoms. The first-order chi connectivity index (χ1) is 6.14. The van der Waals surface area contributed by atoms with Gasteiger partial charge in [-0.1, -0.05) is 25.5 Å². The van der Waals surface area contributed by atoms with Gasteiger partial charge in [-0.2, -0.15) is 0 Å². The molecule has 1 saturated carbocycles. The Morgan fingerprint density at radius 2 is 2.38 bits per heavy atom. The second-order valence-corrected chi connectivity index (χ2v) is 3.95. The Balaban J connectivity index is 2.76. The van der Waals surface area contributed by atoms with Crippen LogP contribution in [0.4, 0.5) is 0 Å². The molecule has 0 saturated heterocycles. The van der Waals surface area contributed by atoms with Crippen LogP contribution in [0.5, 0.6) is 0 Å². The number of carbonyl (C=O) groups excluding carboxylic acids is 1. The Labute approximate surface area is 80.0 Å². The lowest BCUT2D eigenvalue weighted by atomic mass is 9.81. The van der Waals surface area contributed by atoms with Gasteiger partial charge in [0, 0.05) is 0 Å². The number of methoxy groups -OCH3 is 1. The molecular weight excluding hydrogens is 164 g/mol. The number of hydrogen-bond donors (Lipinski definition) is 0. The average Bonchev–Trinajstić information content (AvgIpc) is 2.48. The van der Waals surface area contributed by atoms with Gasteiger partial charge in [0.2, 0.25) is 0 Å². The number of allylic oxidation sites excluding steroid dienone is 1. The lowest BCUT2D eigenvalue weighted by Crippen LogP contribution is -2.29. The zero-order chi connectivity index (χ0) is 9.90. The predicted molar refractivity (Wildman–Crippen MR) is 52.3 cm³/mol. The van der Waals surface area contributed by atoms with Gasteiger partial charge >= 0.3 is 5.97 Å². The molecule has 1 aliphatic rings. The van der Waals surface area contributed by atoms with Crippen molar-refractivity contribution < 1.29 is 9.53 Å². The summed E-state index contributed by atoms with van der Waals surface area (Å²) in [5.41, 5.74) is 0.958. The van der Waals surface area contributed by atoms with Crippen LogP contribution < -0.4 is 0 Å². The van der Waals surface area contributed by atoms with Crippen molar-refractivity contribution in [2.45, 2.75) is 39.0 Å². The minimum Gasteiger partial charge on any atom is -0.469 e. The van der Waals surface area contributed by atoms with Crippen LogP contribution in [-0.4, -0.2) is 13.1 Å². The third kappa shape index (κ3) is 1.93. The summed E-state index contributed by atoms with van der Waals surface area (Å²) >= 11 is 0. The highest BCUT2D eigenvalue weighted by Gasteiger charge is 2.42. The molecule has 1 fully saturated rings. The largest absolute Gasteiger partial charge is 0.469 e. The van der Waals surface area contributed by atoms with Crippen LogP contribution in [0.25, 0.3) is 0 Å². The molecule has 0 heterocycles. The minimum absolute atomic E-state index is 0.0481. The van der Waals surface area contributed by atoms with Gasteiger partial charge in [-0.05, 0) is 25.7 Å². The van der Waals surface area contributed by atoms with E-state index in [1.54, 1.807) is 0 Å². The molecule has 2 nitrogen and oxygen atoms in total. The maximum absolute atomic E-state index is 11.6. The molecule has 0 N–H and O–H groups in total. The molecule has 0 aromatic carbocycles. The van der Waals surface area contributed by atoms with E-state index < -0.39 is 0 Å². The lowest BCUT2D eigenvalue weighted by molar-refractivity contribution is -0.152. The molecule has 0 amide bonds. The topological polar surface area (TPSA) is 26.3 Å². The quantitative estimate of drug-likeness (QED) is 0.495. The number of rotatable bonds is 3. The molecule has 0 aromatic heterocycles. The summed E-state index contributed by atoms with van der Waals surface area (Å²) in [5.74, 6) is -0.0481. The summed E-state index contributed by atoms with van der Waals surface area (Å²) in [6.07, 6.45) is 4.69. The van der Waals surface area contributed by atoms with Gasteiger partial charge in [-0.25, -0.2) is 0 Å². The normalized spacial score (nSPS) is 27.7. The smallest absolute Gasteiger partial charge is 0.312 e. The fourth-order valence-electron chi connectivity index (χ4n) is 2.26. The van der Waals surface area contributed by atoms with E-state index in [-0.39, 0.29) is 11.4 Å². The van der Waals surface area contributed by atoms with Gasteiger partial charge in [0.25, 0.3) is 0 Å². The molecule has 13 heavy (non-hydrogen) atoms. The second-order valence-electron chi connectivity index (χ2n) is 3.95. The molecule has 1 unspecified atom stereocenters. The lowest BCUT2D eigenvalue weighted by Gasteiger charge is -2.24. The molecule has 1 aliphatic carbocycles. The van der Waals surface area contributed by atoms with Gasteiger partial charge in [-0.15, -0.1) is 0 Å². The summed E-state index contributed by atoms with van der Waals surface area (Å²) < 4.78 is 4.86. The third-order valence-electron chi connectivity index (χ3n) is 2.89. The van der Waals surface area contributed by atoms with E-state index in [1.165, 1.54) is 12.7 Å². The summed E-state index contributed by atoms with van der Waals surface area (Å²) in [7, 11) is 1.47. The van der Waals surface area contributed by atoms with Crippen LogP contribution in [0.2, 0.25) is 0 Å². The van der Waals surface area contributed by atoms with E-state index in [2.05, 4.69) is 13.5 Å². The Kier molecular flexibility index (Phi) is 3.12. The summed E-state index contributed by atoms with van der Waals surface area (Å²) in [5, 5.41) is 0. The zero-order valence-corrected chi connectivity index (χ0v) is 8.56. The standard InChI is InChI=1S/C11H18O2/c1-4-6-11(10(12)13-3)7-5-9(2)8-11/h2,4-8H2,1,3H3. The van der Waals surface area contributed by atoms with Crippen LogP contribution in [-0.2, 0) is 9.53 Å². The number of esters is 1. The molecular formula is C11H18O2. The fourth-order valence-corrected chi connectivity index (χ4v) is 2.26. The monoisotopic (exact) mass is 182 g/mol. The molecule has 0 bridgehead atoms. The van der Waals surface area contributed by atoms with Crippen molar-refractivity contribution in [3.05, 3.63) is 12.2 Å². The van der Waals surface area contributed by atoms with E-state index in [0.717, 1.165) is 32.1 Å². The van der Waals surface area contributed by atoms with Gasteiger partial charge in [0.15, 0.2) is 0 Å². The van der Waals surface area contributed by atoms with E-state index in [9.17, 15) is 4.79 Å². The average molecular weight is 182 g/mol. The highest BCUT2D eigenvalue weighted by atomic mass is 16.5. The molecule has 1 atom stereocenters. The highest BCUT2D eigenvalue weighted by Crippen LogP contribution is 2.45. The van der Waals surface area contributed by atoms with Crippen molar-refractivity contribution in [1.29, 1.82) is 0 Å². The highest BCUT2D eigenvalue weighted by molar-refractivity contribution is 5.77. The van der Waals surface area contributed by atoms with Crippen LogP contribution >= 0.6 is 0 Å². The van der Waals surface area contributed by atoms with Crippen molar-refractivity contribution in [2.75, 3.05) is 7.11 Å². The molecule has 1 rings (SSSR count). The van der Waals surface area contributed by atoms with E-state index >= 15 is 0 Å². The number of carbonyl (C=O) groups is 1. The van der Waals surface area contributed by atoms with Crippen LogP contribution in [0, 0.1) is 5.41 Å². The Hall–Kier alpha value is -0.790. The molecule has 0 aliphatic heterocycles. The van der Waals surface area contributed by atoms with Crippen molar-refractivity contribution in [1.82, 2.24) is 0 Å². The van der Waals surface area contributed by atoms with Crippen molar-refractivity contribution in [3.8, 4) is 0 Å². The molecule has 0 aromatic rings. The Morgan fingerprint density at radius 3 is 2.77 bits per heavy atom. The van der Waals surface area contributed by atoms with Crippen molar-refractivity contribution >= 4 is 5.97 Å². The zero-order valence-electron chi connectivity index (χ0n) is 8.56. The van der Waals surface area contributed by atoms with E-state index in [4.69, 9.17) is 4.74 Å². The van der Waals surface area contributed by atoms with Crippen LogP contribution in [0.15, 0.2) is 12.2 Å². The third-order valence-corrected chi connectivity index (χ3v) is 2.89. The van der Waals surface area contributed by atoms with E-state index in [1.807, 2.05) is 0 Å². The maximum Gasteiger partial charge on any atom is 0.312 e. The first-order valence-corrected chi connectivity index (χ1v) is 4.89. The predicted octanol–water partition coefficient (Wildman–Crippen LogP) is 2.69. The Morgan fingerprint density at radius 1 is 1.69 bits per heavy atom. The first-order valence-electron chi connectivity index (χ1n) is 4.89. The Bertz CT molecular complexity index is 220. The van der Waals surface area contributed by atoms with Crippen molar-refractivity contribution in [2.24, 2.45) is 5.41 Å². The first kappa shape index (κ1) is 10.3. The van der Waals surface area contributed by atoms with Crippen molar-refractivity contribution in [3.63, 3.8) is 0 Å². The number of hydrogen-bond acceptors (Lipinski definition) is 2. The number of ether oxygens (including phenoxy) is 1. The SMILES string of the molecule is C=C1CCC(CCC)(C(=O)OC)C1. The summed E-state index contributed by atoms with van der Waals surface area (Å²) in [6.45, 7) is 6.04. The minimum atomic E-state index is -0.236. The fraction of sp³-hybridized carbons (Fsp3) is 0.727. The molecule has 0 spiro atoms. The van der Waals surface area contributed by atoms with Crippen LogP contribution in [0.3, 0.4) is 0 Å². The molecule has 0 radical (unpaired) electrons. The maximum atomic E-state index is 11.6. The van der Waals surface area contributed by atoms with Gasteiger partial charge in [0.05, 0.1) is 12.5 Å². The van der Waals surface area contributed by atoms with Gasteiger partial charge in [-0.3, -0.25) is 4.79 Å². The second kappa shape index (κ2) is 3.95. The van der Waals surface area contributed by atoms with E-state index in [0.29, 0.717) is 0 Å².